The van der Waals surface area contributed by atoms with E-state index in [1.807, 2.05) is 24.3 Å². The van der Waals surface area contributed by atoms with E-state index >= 15 is 0 Å². The van der Waals surface area contributed by atoms with Crippen LogP contribution in [0.15, 0.2) is 29.3 Å². The molecule has 2 rings (SSSR count). The van der Waals surface area contributed by atoms with Crippen molar-refractivity contribution >= 4 is 11.5 Å². The van der Waals surface area contributed by atoms with Crippen LogP contribution in [-0.2, 0) is 4.79 Å². The molecule has 0 fully saturated rings. The molecule has 0 radical (unpaired) electrons. The third kappa shape index (κ3) is 1.27. The van der Waals surface area contributed by atoms with E-state index in [0.29, 0.717) is 13.0 Å². The van der Waals surface area contributed by atoms with Crippen LogP contribution >= 0.6 is 0 Å². The summed E-state index contributed by atoms with van der Waals surface area (Å²) < 4.78 is 0. The standard InChI is InChI=1S/C10H10N2O/c11-6-5-8-7-3-1-2-4-9(7)12-10(8)13/h1-4H,5-6,11H2. The van der Waals surface area contributed by atoms with Crippen molar-refractivity contribution < 1.29 is 4.79 Å². The molecule has 0 saturated carbocycles. The molecule has 0 bridgehead atoms. The van der Waals surface area contributed by atoms with Gasteiger partial charge in [-0.2, -0.15) is 0 Å². The molecular formula is C10H10N2O. The number of rotatable bonds is 2. The van der Waals surface area contributed by atoms with Gasteiger partial charge < -0.3 is 5.73 Å². The Hall–Kier alpha value is -1.48. The first-order valence-corrected chi connectivity index (χ1v) is 4.24. The minimum Gasteiger partial charge on any atom is -0.330 e. The number of nitrogens with zero attached hydrogens (tertiary/aromatic N) is 1. The molecule has 13 heavy (non-hydrogen) atoms. The van der Waals surface area contributed by atoms with E-state index in [4.69, 9.17) is 5.73 Å². The van der Waals surface area contributed by atoms with E-state index in [2.05, 4.69) is 4.99 Å². The number of hydrogen-bond acceptors (Lipinski definition) is 2. The Labute approximate surface area is 75.6 Å². The van der Waals surface area contributed by atoms with Crippen molar-refractivity contribution in [1.82, 2.24) is 0 Å². The van der Waals surface area contributed by atoms with Crippen LogP contribution in [0.4, 0.5) is 0 Å². The van der Waals surface area contributed by atoms with E-state index < -0.39 is 0 Å². The summed E-state index contributed by atoms with van der Waals surface area (Å²) in [5.74, 6) is -0.133. The van der Waals surface area contributed by atoms with Crippen LogP contribution in [0, 0.1) is 0 Å². The van der Waals surface area contributed by atoms with Gasteiger partial charge in [-0.1, -0.05) is 18.2 Å². The summed E-state index contributed by atoms with van der Waals surface area (Å²) >= 11 is 0. The molecule has 0 spiro atoms. The number of carbonyl (C=O) groups excluding carboxylic acids is 1. The van der Waals surface area contributed by atoms with Gasteiger partial charge in [-0.25, -0.2) is 4.99 Å². The zero-order valence-electron chi connectivity index (χ0n) is 7.16. The molecule has 1 aromatic carbocycles. The van der Waals surface area contributed by atoms with E-state index in [-0.39, 0.29) is 5.91 Å². The highest BCUT2D eigenvalue weighted by atomic mass is 16.1. The fraction of sp³-hybridized carbons (Fsp3) is 0.200. The van der Waals surface area contributed by atoms with Gasteiger partial charge in [0.25, 0.3) is 5.91 Å². The van der Waals surface area contributed by atoms with Gasteiger partial charge in [0.1, 0.15) is 0 Å². The Bertz CT molecular complexity index is 462. The average Bonchev–Trinajstić information content (AvgIpc) is 2.44. The molecule has 1 aliphatic rings. The summed E-state index contributed by atoms with van der Waals surface area (Å²) in [4.78, 5) is 15.3. The molecule has 1 aliphatic heterocycles. The van der Waals surface area contributed by atoms with Crippen LogP contribution < -0.4 is 16.3 Å². The number of carbonyl (C=O) groups is 1. The molecule has 0 unspecified atom stereocenters. The molecule has 66 valence electrons. The second-order valence-electron chi connectivity index (χ2n) is 2.95. The second-order valence-corrected chi connectivity index (χ2v) is 2.95. The summed E-state index contributed by atoms with van der Waals surface area (Å²) in [6.45, 7) is 0.491. The molecule has 0 aliphatic carbocycles. The number of hydrogen-bond donors (Lipinski definition) is 1. The first-order chi connectivity index (χ1) is 6.33. The minimum atomic E-state index is -0.133. The third-order valence-corrected chi connectivity index (χ3v) is 2.10. The highest BCUT2D eigenvalue weighted by molar-refractivity contribution is 6.15. The summed E-state index contributed by atoms with van der Waals surface area (Å²) in [5.41, 5.74) is 6.16. The highest BCUT2D eigenvalue weighted by Crippen LogP contribution is 2.03. The van der Waals surface area contributed by atoms with Crippen LogP contribution in [0.3, 0.4) is 0 Å². The SMILES string of the molecule is NCCC1=c2ccccc2=NC1=O. The van der Waals surface area contributed by atoms with Gasteiger partial charge in [-0.3, -0.25) is 4.79 Å². The predicted molar refractivity (Wildman–Crippen MR) is 49.3 cm³/mol. The molecule has 0 atom stereocenters. The van der Waals surface area contributed by atoms with Crippen LogP contribution in [0.25, 0.3) is 5.57 Å². The highest BCUT2D eigenvalue weighted by Gasteiger charge is 2.13. The lowest BCUT2D eigenvalue weighted by atomic mass is 10.1. The van der Waals surface area contributed by atoms with Gasteiger partial charge in [0.15, 0.2) is 0 Å². The summed E-state index contributed by atoms with van der Waals surface area (Å²) in [7, 11) is 0. The molecule has 1 aromatic rings. The Kier molecular flexibility index (Phi) is 1.94. The summed E-state index contributed by atoms with van der Waals surface area (Å²) in [5, 5.41) is 1.72. The Morgan fingerprint density at radius 1 is 1.31 bits per heavy atom. The number of amides is 1. The van der Waals surface area contributed by atoms with Crippen LogP contribution in [0.2, 0.25) is 0 Å². The predicted octanol–water partition coefficient (Wildman–Crippen LogP) is -0.654. The van der Waals surface area contributed by atoms with Gasteiger partial charge in [0.05, 0.1) is 5.36 Å². The molecule has 3 nitrogen and oxygen atoms in total. The maximum Gasteiger partial charge on any atom is 0.274 e. The Balaban J connectivity index is 2.69. The minimum absolute atomic E-state index is 0.133. The van der Waals surface area contributed by atoms with E-state index in [1.54, 1.807) is 0 Å². The quantitative estimate of drug-likeness (QED) is 0.647. The van der Waals surface area contributed by atoms with Crippen LogP contribution in [0.5, 0.6) is 0 Å². The van der Waals surface area contributed by atoms with Crippen molar-refractivity contribution in [3.63, 3.8) is 0 Å². The maximum atomic E-state index is 11.4. The first-order valence-electron chi connectivity index (χ1n) is 4.24. The van der Waals surface area contributed by atoms with Gasteiger partial charge in [-0.15, -0.1) is 0 Å². The lowest BCUT2D eigenvalue weighted by Crippen LogP contribution is -2.22. The summed E-state index contributed by atoms with van der Waals surface area (Å²) in [6.07, 6.45) is 0.610. The van der Waals surface area contributed by atoms with E-state index in [1.165, 1.54) is 0 Å². The first kappa shape index (κ1) is 8.13. The smallest absolute Gasteiger partial charge is 0.274 e. The van der Waals surface area contributed by atoms with Crippen molar-refractivity contribution in [2.24, 2.45) is 10.7 Å². The van der Waals surface area contributed by atoms with Crippen molar-refractivity contribution in [2.45, 2.75) is 6.42 Å². The Morgan fingerprint density at radius 3 is 2.85 bits per heavy atom. The van der Waals surface area contributed by atoms with Crippen LogP contribution in [-0.4, -0.2) is 12.5 Å². The lowest BCUT2D eigenvalue weighted by Gasteiger charge is -1.94. The fourth-order valence-corrected chi connectivity index (χ4v) is 1.50. The van der Waals surface area contributed by atoms with Crippen molar-refractivity contribution in [1.29, 1.82) is 0 Å². The number of fused-ring (bicyclic) bond motifs is 1. The number of para-hydroxylation sites is 1. The lowest BCUT2D eigenvalue weighted by molar-refractivity contribution is -0.112. The number of nitrogens with two attached hydrogens (primary N) is 1. The van der Waals surface area contributed by atoms with Crippen molar-refractivity contribution in [3.8, 4) is 0 Å². The average molecular weight is 174 g/mol. The van der Waals surface area contributed by atoms with Gasteiger partial charge >= 0.3 is 0 Å². The molecule has 2 N–H and O–H groups in total. The van der Waals surface area contributed by atoms with E-state index in [0.717, 1.165) is 16.1 Å². The monoisotopic (exact) mass is 174 g/mol. The largest absolute Gasteiger partial charge is 0.330 e. The van der Waals surface area contributed by atoms with Gasteiger partial charge in [0, 0.05) is 10.8 Å². The van der Waals surface area contributed by atoms with E-state index in [9.17, 15) is 4.79 Å². The molecule has 0 saturated heterocycles. The molecular weight excluding hydrogens is 164 g/mol. The van der Waals surface area contributed by atoms with Gasteiger partial charge in [0.2, 0.25) is 0 Å². The van der Waals surface area contributed by atoms with Crippen molar-refractivity contribution in [2.75, 3.05) is 6.54 Å². The molecule has 1 amide bonds. The number of benzene rings is 1. The molecule has 3 heteroatoms. The van der Waals surface area contributed by atoms with Gasteiger partial charge in [-0.05, 0) is 19.0 Å². The normalized spacial score (nSPS) is 14.2. The Morgan fingerprint density at radius 2 is 2.08 bits per heavy atom. The second kappa shape index (κ2) is 3.11. The summed E-state index contributed by atoms with van der Waals surface area (Å²) in [6, 6.07) is 7.54. The zero-order valence-corrected chi connectivity index (χ0v) is 7.16. The fourth-order valence-electron chi connectivity index (χ4n) is 1.50. The maximum absolute atomic E-state index is 11.4. The molecule has 1 heterocycles. The zero-order chi connectivity index (χ0) is 9.26. The topological polar surface area (TPSA) is 55.4 Å². The molecule has 0 aromatic heterocycles. The van der Waals surface area contributed by atoms with Crippen LogP contribution in [0.1, 0.15) is 6.42 Å². The van der Waals surface area contributed by atoms with Crippen molar-refractivity contribution in [3.05, 3.63) is 34.8 Å². The third-order valence-electron chi connectivity index (χ3n) is 2.10.